The Morgan fingerprint density at radius 2 is 2.26 bits per heavy atom. The standard InChI is InChI=1S/C15H26N2O2/c1-2-17-8-6-15(14(17)18)5-3-7-16(12-15)10-13-4-9-19-11-13/h13H,2-12H2,1H3. The number of nitrogens with zero attached hydrogens (tertiary/aromatic N) is 2. The molecule has 3 heterocycles. The molecule has 2 atom stereocenters. The predicted molar refractivity (Wildman–Crippen MR) is 73.9 cm³/mol. The highest BCUT2D eigenvalue weighted by atomic mass is 16.5. The maximum Gasteiger partial charge on any atom is 0.230 e. The van der Waals surface area contributed by atoms with Crippen molar-refractivity contribution in [2.75, 3.05) is 45.9 Å². The molecule has 3 aliphatic rings. The zero-order valence-electron chi connectivity index (χ0n) is 12.1. The number of piperidine rings is 1. The van der Waals surface area contributed by atoms with E-state index in [1.165, 1.54) is 12.8 Å². The Balaban J connectivity index is 1.62. The summed E-state index contributed by atoms with van der Waals surface area (Å²) in [6.45, 7) is 9.04. The van der Waals surface area contributed by atoms with Crippen molar-refractivity contribution in [2.24, 2.45) is 11.3 Å². The van der Waals surface area contributed by atoms with Crippen molar-refractivity contribution in [3.63, 3.8) is 0 Å². The number of amides is 1. The molecular weight excluding hydrogens is 240 g/mol. The van der Waals surface area contributed by atoms with Gasteiger partial charge in [0.25, 0.3) is 0 Å². The van der Waals surface area contributed by atoms with Crippen LogP contribution >= 0.6 is 0 Å². The van der Waals surface area contributed by atoms with E-state index in [0.717, 1.165) is 58.8 Å². The Labute approximate surface area is 116 Å². The van der Waals surface area contributed by atoms with Crippen LogP contribution in [0.15, 0.2) is 0 Å². The molecule has 4 nitrogen and oxygen atoms in total. The van der Waals surface area contributed by atoms with Crippen LogP contribution in [-0.2, 0) is 9.53 Å². The summed E-state index contributed by atoms with van der Waals surface area (Å²) < 4.78 is 5.47. The molecule has 19 heavy (non-hydrogen) atoms. The first-order valence-electron chi connectivity index (χ1n) is 7.83. The van der Waals surface area contributed by atoms with Gasteiger partial charge in [-0.1, -0.05) is 0 Å². The molecule has 3 rings (SSSR count). The lowest BCUT2D eigenvalue weighted by atomic mass is 9.78. The molecule has 1 spiro atoms. The second kappa shape index (κ2) is 5.41. The average molecular weight is 266 g/mol. The van der Waals surface area contributed by atoms with E-state index < -0.39 is 0 Å². The van der Waals surface area contributed by atoms with Crippen molar-refractivity contribution >= 4 is 5.91 Å². The van der Waals surface area contributed by atoms with Crippen LogP contribution in [0.3, 0.4) is 0 Å². The number of ether oxygens (including phenoxy) is 1. The molecule has 0 N–H and O–H groups in total. The number of hydrogen-bond donors (Lipinski definition) is 0. The van der Waals surface area contributed by atoms with E-state index in [9.17, 15) is 4.79 Å². The van der Waals surface area contributed by atoms with E-state index in [1.54, 1.807) is 0 Å². The van der Waals surface area contributed by atoms with Crippen molar-refractivity contribution in [3.05, 3.63) is 0 Å². The summed E-state index contributed by atoms with van der Waals surface area (Å²) in [4.78, 5) is 17.1. The van der Waals surface area contributed by atoms with E-state index in [1.807, 2.05) is 4.90 Å². The third-order valence-corrected chi connectivity index (χ3v) is 5.18. The van der Waals surface area contributed by atoms with Crippen LogP contribution in [0.25, 0.3) is 0 Å². The lowest BCUT2D eigenvalue weighted by Crippen LogP contribution is -2.49. The Kier molecular flexibility index (Phi) is 3.81. The molecule has 0 saturated carbocycles. The minimum Gasteiger partial charge on any atom is -0.381 e. The van der Waals surface area contributed by atoms with Crippen molar-refractivity contribution in [3.8, 4) is 0 Å². The van der Waals surface area contributed by atoms with Gasteiger partial charge in [-0.05, 0) is 45.1 Å². The van der Waals surface area contributed by atoms with E-state index in [-0.39, 0.29) is 5.41 Å². The van der Waals surface area contributed by atoms with Crippen LogP contribution < -0.4 is 0 Å². The van der Waals surface area contributed by atoms with Gasteiger partial charge < -0.3 is 14.5 Å². The van der Waals surface area contributed by atoms with Crippen LogP contribution in [0.2, 0.25) is 0 Å². The SMILES string of the molecule is CCN1CCC2(CCCN(CC3CCOC3)C2)C1=O. The van der Waals surface area contributed by atoms with Crippen LogP contribution in [0.5, 0.6) is 0 Å². The van der Waals surface area contributed by atoms with Crippen LogP contribution in [0.4, 0.5) is 0 Å². The van der Waals surface area contributed by atoms with Gasteiger partial charge in [0, 0.05) is 32.8 Å². The van der Waals surface area contributed by atoms with Crippen LogP contribution in [0, 0.1) is 11.3 Å². The number of rotatable bonds is 3. The Morgan fingerprint density at radius 3 is 2.95 bits per heavy atom. The van der Waals surface area contributed by atoms with Gasteiger partial charge >= 0.3 is 0 Å². The summed E-state index contributed by atoms with van der Waals surface area (Å²) in [5.74, 6) is 1.11. The zero-order valence-corrected chi connectivity index (χ0v) is 12.1. The highest BCUT2D eigenvalue weighted by molar-refractivity contribution is 5.85. The molecule has 1 amide bonds. The molecular formula is C15H26N2O2. The molecule has 2 unspecified atom stereocenters. The van der Waals surface area contributed by atoms with E-state index in [2.05, 4.69) is 11.8 Å². The first-order chi connectivity index (χ1) is 9.23. The minimum absolute atomic E-state index is 0.0479. The quantitative estimate of drug-likeness (QED) is 0.773. The van der Waals surface area contributed by atoms with Crippen molar-refractivity contribution in [2.45, 2.75) is 32.6 Å². The Hall–Kier alpha value is -0.610. The molecule has 0 aromatic rings. The summed E-state index contributed by atoms with van der Waals surface area (Å²) in [6, 6.07) is 0. The normalized spacial score (nSPS) is 36.6. The minimum atomic E-state index is -0.0479. The van der Waals surface area contributed by atoms with E-state index >= 15 is 0 Å². The predicted octanol–water partition coefficient (Wildman–Crippen LogP) is 1.36. The molecule has 108 valence electrons. The van der Waals surface area contributed by atoms with E-state index in [0.29, 0.717) is 11.8 Å². The fraction of sp³-hybridized carbons (Fsp3) is 0.933. The third-order valence-electron chi connectivity index (χ3n) is 5.18. The maximum atomic E-state index is 12.6. The number of carbonyl (C=O) groups excluding carboxylic acids is 1. The Morgan fingerprint density at radius 1 is 1.37 bits per heavy atom. The first kappa shape index (κ1) is 13.4. The van der Waals surface area contributed by atoms with Gasteiger partial charge in [0.1, 0.15) is 0 Å². The smallest absolute Gasteiger partial charge is 0.230 e. The lowest BCUT2D eigenvalue weighted by Gasteiger charge is -2.39. The molecule has 0 bridgehead atoms. The van der Waals surface area contributed by atoms with Gasteiger partial charge in [0.15, 0.2) is 0 Å². The van der Waals surface area contributed by atoms with Crippen LogP contribution in [0.1, 0.15) is 32.6 Å². The van der Waals surface area contributed by atoms with Gasteiger partial charge in [0.2, 0.25) is 5.91 Å². The average Bonchev–Trinajstić information content (AvgIpc) is 3.01. The van der Waals surface area contributed by atoms with Gasteiger partial charge in [-0.15, -0.1) is 0 Å². The highest BCUT2D eigenvalue weighted by Crippen LogP contribution is 2.40. The fourth-order valence-corrected chi connectivity index (χ4v) is 4.05. The second-order valence-electron chi connectivity index (χ2n) is 6.48. The molecule has 3 fully saturated rings. The van der Waals surface area contributed by atoms with E-state index in [4.69, 9.17) is 4.74 Å². The van der Waals surface area contributed by atoms with Gasteiger partial charge in [-0.3, -0.25) is 4.79 Å². The summed E-state index contributed by atoms with van der Waals surface area (Å²) in [5, 5.41) is 0. The monoisotopic (exact) mass is 266 g/mol. The van der Waals surface area contributed by atoms with Crippen molar-refractivity contribution < 1.29 is 9.53 Å². The number of likely N-dealkylation sites (tertiary alicyclic amines) is 2. The lowest BCUT2D eigenvalue weighted by molar-refractivity contribution is -0.138. The molecule has 0 aliphatic carbocycles. The summed E-state index contributed by atoms with van der Waals surface area (Å²) in [5.41, 5.74) is -0.0479. The summed E-state index contributed by atoms with van der Waals surface area (Å²) >= 11 is 0. The third kappa shape index (κ3) is 2.52. The van der Waals surface area contributed by atoms with Gasteiger partial charge in [-0.25, -0.2) is 0 Å². The second-order valence-corrected chi connectivity index (χ2v) is 6.48. The molecule has 0 aromatic carbocycles. The van der Waals surface area contributed by atoms with Crippen LogP contribution in [-0.4, -0.2) is 61.6 Å². The topological polar surface area (TPSA) is 32.8 Å². The Bertz CT molecular complexity index is 341. The molecule has 3 saturated heterocycles. The van der Waals surface area contributed by atoms with Gasteiger partial charge in [0.05, 0.1) is 12.0 Å². The molecule has 0 aromatic heterocycles. The highest BCUT2D eigenvalue weighted by Gasteiger charge is 2.48. The largest absolute Gasteiger partial charge is 0.381 e. The zero-order chi connectivity index (χ0) is 13.3. The fourth-order valence-electron chi connectivity index (χ4n) is 4.05. The summed E-state index contributed by atoms with van der Waals surface area (Å²) in [6.07, 6.45) is 4.53. The summed E-state index contributed by atoms with van der Waals surface area (Å²) in [7, 11) is 0. The van der Waals surface area contributed by atoms with Crippen molar-refractivity contribution in [1.29, 1.82) is 0 Å². The molecule has 3 aliphatic heterocycles. The number of carbonyl (C=O) groups is 1. The van der Waals surface area contributed by atoms with Gasteiger partial charge in [-0.2, -0.15) is 0 Å². The van der Waals surface area contributed by atoms with Crippen molar-refractivity contribution in [1.82, 2.24) is 9.80 Å². The maximum absolute atomic E-state index is 12.6. The molecule has 0 radical (unpaired) electrons. The number of hydrogen-bond acceptors (Lipinski definition) is 3. The first-order valence-corrected chi connectivity index (χ1v) is 7.83. The molecule has 4 heteroatoms.